The van der Waals surface area contributed by atoms with E-state index in [1.165, 1.54) is 51.0 Å². The van der Waals surface area contributed by atoms with Gasteiger partial charge in [0.1, 0.15) is 0 Å². The largest absolute Gasteiger partial charge is 0.504 e. The molecule has 1 aromatic carbocycles. The van der Waals surface area contributed by atoms with Crippen molar-refractivity contribution in [2.75, 3.05) is 13.6 Å². The van der Waals surface area contributed by atoms with Gasteiger partial charge in [-0.15, -0.1) is 0 Å². The lowest BCUT2D eigenvalue weighted by atomic mass is 10.0. The fraction of sp³-hybridized carbons (Fsp3) is 0.513. The zero-order valence-electron chi connectivity index (χ0n) is 28.7. The third kappa shape index (κ3) is 17.7. The SMILES string of the molecule is CC(C)=CCCC(C)=CCCC(C)=CCCC(C)=CCCC(C)=CCCC(C)=CC(=O)N(C)CC(O)c1ccc(O)c(O)c1. The molecule has 0 radical (unpaired) electrons. The van der Waals surface area contributed by atoms with E-state index >= 15 is 0 Å². The summed E-state index contributed by atoms with van der Waals surface area (Å²) >= 11 is 0. The van der Waals surface area contributed by atoms with E-state index in [-0.39, 0.29) is 24.0 Å². The van der Waals surface area contributed by atoms with Crippen molar-refractivity contribution in [2.24, 2.45) is 0 Å². The number of hydrogen-bond donors (Lipinski definition) is 3. The van der Waals surface area contributed by atoms with Crippen molar-refractivity contribution < 1.29 is 20.1 Å². The van der Waals surface area contributed by atoms with E-state index in [0.29, 0.717) is 5.56 Å². The molecule has 0 spiro atoms. The van der Waals surface area contributed by atoms with E-state index < -0.39 is 6.10 Å². The Morgan fingerprint density at radius 1 is 0.659 bits per heavy atom. The average Bonchev–Trinajstić information content (AvgIpc) is 2.94. The number of aliphatic hydroxyl groups excluding tert-OH is 1. The smallest absolute Gasteiger partial charge is 0.246 e. The van der Waals surface area contributed by atoms with E-state index in [9.17, 15) is 20.1 Å². The molecule has 0 aromatic heterocycles. The number of aromatic hydroxyl groups is 2. The Kier molecular flexibility index (Phi) is 18.8. The summed E-state index contributed by atoms with van der Waals surface area (Å²) in [4.78, 5) is 14.1. The zero-order chi connectivity index (χ0) is 33.1. The molecule has 0 saturated carbocycles. The van der Waals surface area contributed by atoms with Crippen molar-refractivity contribution in [3.8, 4) is 11.5 Å². The molecule has 5 heteroatoms. The Bertz CT molecular complexity index is 1220. The highest BCUT2D eigenvalue weighted by molar-refractivity contribution is 5.88. The van der Waals surface area contributed by atoms with Crippen LogP contribution in [0.1, 0.15) is 124 Å². The zero-order valence-corrected chi connectivity index (χ0v) is 28.7. The summed E-state index contributed by atoms with van der Waals surface area (Å²) in [5, 5.41) is 29.5. The number of hydrogen-bond acceptors (Lipinski definition) is 4. The van der Waals surface area contributed by atoms with Crippen molar-refractivity contribution in [1.82, 2.24) is 4.90 Å². The lowest BCUT2D eigenvalue weighted by Crippen LogP contribution is -2.29. The summed E-state index contributed by atoms with van der Waals surface area (Å²) < 4.78 is 0. The normalized spacial score (nSPS) is 14.1. The van der Waals surface area contributed by atoms with Crippen LogP contribution in [0.5, 0.6) is 11.5 Å². The molecule has 44 heavy (non-hydrogen) atoms. The monoisotopic (exact) mass is 605 g/mol. The summed E-state index contributed by atoms with van der Waals surface area (Å²) in [6.45, 7) is 15.3. The molecular formula is C39H59NO4. The highest BCUT2D eigenvalue weighted by atomic mass is 16.3. The molecule has 3 N–H and O–H groups in total. The predicted octanol–water partition coefficient (Wildman–Crippen LogP) is 10.2. The molecule has 5 nitrogen and oxygen atoms in total. The molecule has 0 aliphatic heterocycles. The number of carbonyl (C=O) groups is 1. The second-order valence-corrected chi connectivity index (χ2v) is 12.7. The number of amides is 1. The van der Waals surface area contributed by atoms with Gasteiger partial charge in [-0.25, -0.2) is 0 Å². The molecule has 0 fully saturated rings. The number of carbonyl (C=O) groups excluding carboxylic acids is 1. The first kappa shape index (κ1) is 38.7. The maximum absolute atomic E-state index is 12.6. The van der Waals surface area contributed by atoms with E-state index in [1.807, 2.05) is 6.92 Å². The molecule has 1 atom stereocenters. The van der Waals surface area contributed by atoms with Crippen LogP contribution in [0.25, 0.3) is 0 Å². The van der Waals surface area contributed by atoms with Gasteiger partial charge in [-0.2, -0.15) is 0 Å². The van der Waals surface area contributed by atoms with Gasteiger partial charge in [-0.1, -0.05) is 69.9 Å². The second kappa shape index (κ2) is 21.4. The quantitative estimate of drug-likeness (QED) is 0.0832. The number of benzene rings is 1. The first-order valence-corrected chi connectivity index (χ1v) is 16.2. The Labute approximate surface area is 268 Å². The van der Waals surface area contributed by atoms with Crippen LogP contribution >= 0.6 is 0 Å². The van der Waals surface area contributed by atoms with Crippen LogP contribution in [0.15, 0.2) is 88.1 Å². The molecule has 1 aromatic rings. The van der Waals surface area contributed by atoms with Gasteiger partial charge < -0.3 is 20.2 Å². The maximum Gasteiger partial charge on any atom is 0.246 e. The van der Waals surface area contributed by atoms with E-state index in [1.54, 1.807) is 13.1 Å². The fourth-order valence-electron chi connectivity index (χ4n) is 4.78. The van der Waals surface area contributed by atoms with E-state index in [0.717, 1.165) is 69.8 Å². The Hall–Kier alpha value is -3.31. The van der Waals surface area contributed by atoms with Gasteiger partial charge >= 0.3 is 0 Å². The number of phenolic OH excluding ortho intramolecular Hbond substituents is 2. The minimum absolute atomic E-state index is 0.0867. The predicted molar refractivity (Wildman–Crippen MR) is 187 cm³/mol. The highest BCUT2D eigenvalue weighted by Gasteiger charge is 2.15. The van der Waals surface area contributed by atoms with Gasteiger partial charge in [0.05, 0.1) is 12.6 Å². The van der Waals surface area contributed by atoms with Gasteiger partial charge in [0, 0.05) is 13.1 Å². The standard InChI is InChI=1S/C39H59NO4/c1-29(2)14-9-15-30(3)16-10-17-31(4)18-11-19-32(5)20-12-21-33(6)22-13-23-34(7)26-39(44)40(8)28-38(43)35-24-25-36(41)37(42)27-35/h14,16,18,20,22,24-27,38,41-43H,9-13,15,17,19,21,23,28H2,1-8H3. The minimum Gasteiger partial charge on any atom is -0.504 e. The van der Waals surface area contributed by atoms with Gasteiger partial charge in [0.2, 0.25) is 5.91 Å². The van der Waals surface area contributed by atoms with Crippen LogP contribution in [-0.4, -0.2) is 39.7 Å². The minimum atomic E-state index is -0.961. The molecule has 0 bridgehead atoms. The molecule has 0 heterocycles. The summed E-state index contributed by atoms with van der Waals surface area (Å²) in [7, 11) is 1.64. The van der Waals surface area contributed by atoms with E-state index in [4.69, 9.17) is 0 Å². The van der Waals surface area contributed by atoms with E-state index in [2.05, 4.69) is 71.9 Å². The van der Waals surface area contributed by atoms with Crippen LogP contribution in [0.3, 0.4) is 0 Å². The number of likely N-dealkylation sites (N-methyl/N-ethyl adjacent to an activating group) is 1. The lowest BCUT2D eigenvalue weighted by Gasteiger charge is -2.20. The fourth-order valence-corrected chi connectivity index (χ4v) is 4.78. The van der Waals surface area contributed by atoms with Crippen molar-refractivity contribution in [3.05, 3.63) is 93.7 Å². The van der Waals surface area contributed by atoms with Crippen LogP contribution in [0.2, 0.25) is 0 Å². The van der Waals surface area contributed by atoms with Gasteiger partial charge in [-0.05, 0) is 130 Å². The molecule has 1 unspecified atom stereocenters. The summed E-state index contributed by atoms with van der Waals surface area (Å²) in [5.74, 6) is -0.715. The van der Waals surface area contributed by atoms with Crippen LogP contribution in [0.4, 0.5) is 0 Å². The first-order chi connectivity index (χ1) is 20.8. The molecule has 0 aliphatic carbocycles. The lowest BCUT2D eigenvalue weighted by molar-refractivity contribution is -0.126. The van der Waals surface area contributed by atoms with Crippen molar-refractivity contribution in [2.45, 2.75) is 119 Å². The van der Waals surface area contributed by atoms with Crippen molar-refractivity contribution in [1.29, 1.82) is 0 Å². The molecular weight excluding hydrogens is 546 g/mol. The number of phenols is 2. The molecule has 1 rings (SSSR count). The third-order valence-corrected chi connectivity index (χ3v) is 7.79. The van der Waals surface area contributed by atoms with Gasteiger partial charge in [0.15, 0.2) is 11.5 Å². The van der Waals surface area contributed by atoms with Gasteiger partial charge in [0.25, 0.3) is 0 Å². The molecule has 1 amide bonds. The number of rotatable bonds is 19. The van der Waals surface area contributed by atoms with Crippen molar-refractivity contribution in [3.63, 3.8) is 0 Å². The number of allylic oxidation sites excluding steroid dienone is 11. The number of aliphatic hydroxyl groups is 1. The van der Waals surface area contributed by atoms with Crippen LogP contribution in [0, 0.1) is 0 Å². The average molecular weight is 606 g/mol. The topological polar surface area (TPSA) is 81.0 Å². The van der Waals surface area contributed by atoms with Crippen LogP contribution < -0.4 is 0 Å². The summed E-state index contributed by atoms with van der Waals surface area (Å²) in [6.07, 6.45) is 23.0. The van der Waals surface area contributed by atoms with Gasteiger partial charge in [-0.3, -0.25) is 4.79 Å². The summed E-state index contributed by atoms with van der Waals surface area (Å²) in [6, 6.07) is 4.16. The Balaban J connectivity index is 2.35. The van der Waals surface area contributed by atoms with Crippen LogP contribution in [-0.2, 0) is 4.79 Å². The molecule has 0 aliphatic rings. The maximum atomic E-state index is 12.6. The second-order valence-electron chi connectivity index (χ2n) is 12.7. The molecule has 0 saturated heterocycles. The first-order valence-electron chi connectivity index (χ1n) is 16.2. The summed E-state index contributed by atoms with van der Waals surface area (Å²) in [5.41, 5.74) is 8.62. The van der Waals surface area contributed by atoms with Crippen molar-refractivity contribution >= 4 is 5.91 Å². The highest BCUT2D eigenvalue weighted by Crippen LogP contribution is 2.28. The Morgan fingerprint density at radius 3 is 1.48 bits per heavy atom. The number of nitrogens with zero attached hydrogens (tertiary/aromatic N) is 1. The Morgan fingerprint density at radius 2 is 1.07 bits per heavy atom. The molecule has 244 valence electrons. The third-order valence-electron chi connectivity index (χ3n) is 7.79.